The summed E-state index contributed by atoms with van der Waals surface area (Å²) in [7, 11) is -1.64. The molecule has 1 saturated heterocycles. The number of carbonyl (C=O) groups is 1. The number of aryl methyl sites for hydroxylation is 1. The molecule has 0 spiro atoms. The van der Waals surface area contributed by atoms with E-state index in [0.29, 0.717) is 31.9 Å². The van der Waals surface area contributed by atoms with Gasteiger partial charge in [0.15, 0.2) is 0 Å². The molecule has 1 N–H and O–H groups in total. The topological polar surface area (TPSA) is 83.9 Å². The van der Waals surface area contributed by atoms with Gasteiger partial charge in [0.2, 0.25) is 10.0 Å². The van der Waals surface area contributed by atoms with Gasteiger partial charge < -0.3 is 19.5 Å². The molecule has 8 nitrogen and oxygen atoms in total. The van der Waals surface area contributed by atoms with Crippen molar-refractivity contribution in [3.63, 3.8) is 0 Å². The molecule has 0 saturated carbocycles. The maximum Gasteiger partial charge on any atom is 0.255 e. The first-order chi connectivity index (χ1) is 16.3. The zero-order valence-electron chi connectivity index (χ0n) is 19.5. The second-order valence-electron chi connectivity index (χ2n) is 8.68. The van der Waals surface area contributed by atoms with E-state index in [1.165, 1.54) is 4.31 Å². The molecule has 1 aromatic heterocycles. The number of nitrogens with zero attached hydrogens (tertiary/aromatic N) is 3. The summed E-state index contributed by atoms with van der Waals surface area (Å²) in [6, 6.07) is 16.6. The summed E-state index contributed by atoms with van der Waals surface area (Å²) in [5, 5.41) is 3.11. The van der Waals surface area contributed by atoms with Crippen LogP contribution < -0.4 is 10.2 Å². The molecular formula is C25H28N4O4S. The molecule has 3 aromatic rings. The minimum Gasteiger partial charge on any atom is -0.379 e. The first kappa shape index (κ1) is 22.6. The number of morpholine rings is 1. The highest BCUT2D eigenvalue weighted by atomic mass is 32.2. The Labute approximate surface area is 199 Å². The molecule has 9 heteroatoms. The van der Waals surface area contributed by atoms with Crippen LogP contribution in [0.25, 0.3) is 5.69 Å². The van der Waals surface area contributed by atoms with Crippen molar-refractivity contribution < 1.29 is 17.9 Å². The number of anilines is 1. The molecule has 1 amide bonds. The van der Waals surface area contributed by atoms with Crippen molar-refractivity contribution >= 4 is 21.6 Å². The van der Waals surface area contributed by atoms with Gasteiger partial charge in [-0.1, -0.05) is 18.2 Å². The van der Waals surface area contributed by atoms with Crippen molar-refractivity contribution in [2.24, 2.45) is 0 Å². The zero-order chi connectivity index (χ0) is 24.0. The van der Waals surface area contributed by atoms with Crippen LogP contribution in [-0.2, 0) is 14.8 Å². The molecule has 0 radical (unpaired) electrons. The van der Waals surface area contributed by atoms with Gasteiger partial charge in [0.1, 0.15) is 6.17 Å². The van der Waals surface area contributed by atoms with Gasteiger partial charge in [-0.2, -0.15) is 4.31 Å². The number of nitrogens with one attached hydrogen (secondary N) is 1. The van der Waals surface area contributed by atoms with Gasteiger partial charge in [0, 0.05) is 42.8 Å². The van der Waals surface area contributed by atoms with Crippen LogP contribution in [0.4, 0.5) is 5.69 Å². The number of sulfonamides is 1. The normalized spacial score (nSPS) is 19.1. The Balaban J connectivity index is 1.52. The molecule has 1 atom stereocenters. The van der Waals surface area contributed by atoms with Gasteiger partial charge in [-0.05, 0) is 50.2 Å². The predicted octanol–water partition coefficient (Wildman–Crippen LogP) is 2.99. The molecule has 2 aliphatic rings. The third-order valence-corrected chi connectivity index (χ3v) is 8.53. The quantitative estimate of drug-likeness (QED) is 0.621. The van der Waals surface area contributed by atoms with Gasteiger partial charge >= 0.3 is 0 Å². The van der Waals surface area contributed by atoms with Crippen LogP contribution in [0.1, 0.15) is 33.5 Å². The van der Waals surface area contributed by atoms with E-state index in [2.05, 4.69) is 10.2 Å². The largest absolute Gasteiger partial charge is 0.379 e. The third-order valence-electron chi connectivity index (χ3n) is 6.63. The highest BCUT2D eigenvalue weighted by Gasteiger charge is 2.32. The SMILES string of the molecule is Cc1cc(C2NC(=O)c3ccccc3N2C)c(C)n1-c1cccc(S(=O)(=O)N2CCOCC2)c1. The van der Waals surface area contributed by atoms with Crippen LogP contribution in [0.15, 0.2) is 59.5 Å². The second-order valence-corrected chi connectivity index (χ2v) is 10.6. The summed E-state index contributed by atoms with van der Waals surface area (Å²) in [4.78, 5) is 15.1. The second kappa shape index (κ2) is 8.57. The maximum atomic E-state index is 13.2. The van der Waals surface area contributed by atoms with Gasteiger partial charge in [0.05, 0.1) is 29.4 Å². The van der Waals surface area contributed by atoms with E-state index in [1.807, 2.05) is 61.9 Å². The number of ether oxygens (including phenoxy) is 1. The van der Waals surface area contributed by atoms with Crippen LogP contribution in [0, 0.1) is 13.8 Å². The Hall–Kier alpha value is -3.14. The van der Waals surface area contributed by atoms with Crippen molar-refractivity contribution in [1.29, 1.82) is 0 Å². The minimum absolute atomic E-state index is 0.109. The monoisotopic (exact) mass is 480 g/mol. The van der Waals surface area contributed by atoms with E-state index in [-0.39, 0.29) is 17.0 Å². The van der Waals surface area contributed by atoms with Gasteiger partial charge in [-0.3, -0.25) is 4.79 Å². The summed E-state index contributed by atoms with van der Waals surface area (Å²) in [6.45, 7) is 5.49. The number of carbonyl (C=O) groups excluding carboxylic acids is 1. The van der Waals surface area contributed by atoms with Crippen molar-refractivity contribution in [2.45, 2.75) is 24.9 Å². The van der Waals surface area contributed by atoms with E-state index < -0.39 is 10.0 Å². The zero-order valence-corrected chi connectivity index (χ0v) is 20.3. The molecule has 2 aliphatic heterocycles. The Morgan fingerprint density at radius 3 is 2.50 bits per heavy atom. The van der Waals surface area contributed by atoms with Crippen LogP contribution in [0.2, 0.25) is 0 Å². The Kier molecular flexibility index (Phi) is 5.71. The van der Waals surface area contributed by atoms with E-state index in [4.69, 9.17) is 4.74 Å². The van der Waals surface area contributed by atoms with Crippen LogP contribution in [0.5, 0.6) is 0 Å². The summed E-state index contributed by atoms with van der Waals surface area (Å²) in [5.74, 6) is -0.109. The van der Waals surface area contributed by atoms with E-state index >= 15 is 0 Å². The molecule has 0 bridgehead atoms. The van der Waals surface area contributed by atoms with Crippen molar-refractivity contribution in [3.8, 4) is 5.69 Å². The summed E-state index contributed by atoms with van der Waals surface area (Å²) >= 11 is 0. The average molecular weight is 481 g/mol. The molecular weight excluding hydrogens is 452 g/mol. The number of aromatic nitrogens is 1. The molecule has 34 heavy (non-hydrogen) atoms. The lowest BCUT2D eigenvalue weighted by Crippen LogP contribution is -2.44. The first-order valence-corrected chi connectivity index (χ1v) is 12.7. The number of para-hydroxylation sites is 1. The fraction of sp³-hybridized carbons (Fsp3) is 0.320. The third kappa shape index (κ3) is 3.70. The Morgan fingerprint density at radius 2 is 1.74 bits per heavy atom. The number of hydrogen-bond donors (Lipinski definition) is 1. The molecule has 3 heterocycles. The first-order valence-electron chi connectivity index (χ1n) is 11.3. The van der Waals surface area contributed by atoms with Crippen molar-refractivity contribution in [3.05, 3.63) is 77.1 Å². The number of rotatable bonds is 4. The Bertz CT molecular complexity index is 1360. The number of fused-ring (bicyclic) bond motifs is 1. The highest BCUT2D eigenvalue weighted by molar-refractivity contribution is 7.89. The molecule has 1 unspecified atom stereocenters. The van der Waals surface area contributed by atoms with Crippen LogP contribution in [0.3, 0.4) is 0 Å². The number of amides is 1. The van der Waals surface area contributed by atoms with Crippen LogP contribution in [-0.4, -0.2) is 56.5 Å². The minimum atomic E-state index is -3.61. The standard InChI is InChI=1S/C25H28N4O4S/c1-17-15-22(24-26-25(30)21-9-4-5-10-23(21)27(24)3)18(2)29(17)19-7-6-8-20(16-19)34(31,32)28-11-13-33-14-12-28/h4-10,15-16,24H,11-14H2,1-3H3,(H,26,30). The van der Waals surface area contributed by atoms with Gasteiger partial charge in [-0.25, -0.2) is 8.42 Å². The van der Waals surface area contributed by atoms with Gasteiger partial charge in [0.25, 0.3) is 5.91 Å². The molecule has 2 aromatic carbocycles. The summed E-state index contributed by atoms with van der Waals surface area (Å²) < 4.78 is 35.2. The van der Waals surface area contributed by atoms with Gasteiger partial charge in [-0.15, -0.1) is 0 Å². The Morgan fingerprint density at radius 1 is 1.00 bits per heavy atom. The highest BCUT2D eigenvalue weighted by Crippen LogP contribution is 2.35. The summed E-state index contributed by atoms with van der Waals surface area (Å²) in [5.41, 5.74) is 5.14. The fourth-order valence-corrected chi connectivity index (χ4v) is 6.33. The molecule has 5 rings (SSSR count). The lowest BCUT2D eigenvalue weighted by molar-refractivity contribution is 0.0730. The van der Waals surface area contributed by atoms with Crippen LogP contribution >= 0.6 is 0 Å². The average Bonchev–Trinajstić information content (AvgIpc) is 3.15. The molecule has 1 fully saturated rings. The number of benzene rings is 2. The summed E-state index contributed by atoms with van der Waals surface area (Å²) in [6.07, 6.45) is -0.331. The predicted molar refractivity (Wildman–Crippen MR) is 130 cm³/mol. The van der Waals surface area contributed by atoms with E-state index in [9.17, 15) is 13.2 Å². The fourth-order valence-electron chi connectivity index (χ4n) is 4.88. The lowest BCUT2D eigenvalue weighted by atomic mass is 10.0. The maximum absolute atomic E-state index is 13.2. The van der Waals surface area contributed by atoms with E-state index in [0.717, 1.165) is 28.3 Å². The van der Waals surface area contributed by atoms with E-state index in [1.54, 1.807) is 18.2 Å². The smallest absolute Gasteiger partial charge is 0.255 e. The van der Waals surface area contributed by atoms with Crippen molar-refractivity contribution in [1.82, 2.24) is 14.2 Å². The molecule has 178 valence electrons. The lowest BCUT2D eigenvalue weighted by Gasteiger charge is -2.36. The van der Waals surface area contributed by atoms with Crippen molar-refractivity contribution in [2.75, 3.05) is 38.3 Å². The number of hydrogen-bond acceptors (Lipinski definition) is 5. The molecule has 0 aliphatic carbocycles.